The number of ether oxygens (including phenoxy) is 1. The van der Waals surface area contributed by atoms with E-state index in [1.54, 1.807) is 24.3 Å². The van der Waals surface area contributed by atoms with Crippen LogP contribution in [0.1, 0.15) is 60.1 Å². The Hall–Kier alpha value is -2.73. The number of nitrogens with zero attached hydrogens (tertiary/aromatic N) is 1. The predicted octanol–water partition coefficient (Wildman–Crippen LogP) is 4.01. The Morgan fingerprint density at radius 2 is 1.87 bits per heavy atom. The Kier molecular flexibility index (Phi) is 6.87. The molecule has 2 aromatic rings. The molecule has 2 atom stereocenters. The standard InChI is InChI=1S/C24H28FNO4/c1-17(18-4-6-19(7-5-18)23(29)30-2)26-14-13-24(12-3-15-27,16-22(26)28)20-8-10-21(25)11-9-20/h4-11,17,27H,3,12-16H2,1-2H3/t17-,24-/m0/s1. The minimum Gasteiger partial charge on any atom is -0.465 e. The molecule has 2 aromatic carbocycles. The van der Waals surface area contributed by atoms with Gasteiger partial charge in [0.15, 0.2) is 0 Å². The number of hydrogen-bond acceptors (Lipinski definition) is 4. The topological polar surface area (TPSA) is 66.8 Å². The monoisotopic (exact) mass is 413 g/mol. The van der Waals surface area contributed by atoms with Crippen LogP contribution in [0.2, 0.25) is 0 Å². The van der Waals surface area contributed by atoms with Gasteiger partial charge in [0.1, 0.15) is 5.82 Å². The molecule has 1 fully saturated rings. The van der Waals surface area contributed by atoms with Crippen molar-refractivity contribution in [1.82, 2.24) is 4.90 Å². The fourth-order valence-corrected chi connectivity index (χ4v) is 4.37. The third kappa shape index (κ3) is 4.54. The highest BCUT2D eigenvalue weighted by Crippen LogP contribution is 2.42. The second kappa shape index (κ2) is 9.39. The van der Waals surface area contributed by atoms with E-state index in [1.807, 2.05) is 24.0 Å². The van der Waals surface area contributed by atoms with Crippen LogP contribution in [0.25, 0.3) is 0 Å². The maximum absolute atomic E-state index is 13.4. The Bertz CT molecular complexity index is 881. The summed E-state index contributed by atoms with van der Waals surface area (Å²) in [4.78, 5) is 26.7. The number of amides is 1. The van der Waals surface area contributed by atoms with Gasteiger partial charge in [-0.1, -0.05) is 24.3 Å². The predicted molar refractivity (Wildman–Crippen MR) is 112 cm³/mol. The first-order valence-corrected chi connectivity index (χ1v) is 10.2. The minimum absolute atomic E-state index is 0.0352. The summed E-state index contributed by atoms with van der Waals surface area (Å²) in [5.41, 5.74) is 1.97. The van der Waals surface area contributed by atoms with Crippen molar-refractivity contribution in [3.63, 3.8) is 0 Å². The molecule has 5 nitrogen and oxygen atoms in total. The Morgan fingerprint density at radius 1 is 1.20 bits per heavy atom. The van der Waals surface area contributed by atoms with Crippen LogP contribution < -0.4 is 0 Å². The molecule has 0 spiro atoms. The summed E-state index contributed by atoms with van der Waals surface area (Å²) in [7, 11) is 1.34. The first-order chi connectivity index (χ1) is 14.4. The van der Waals surface area contributed by atoms with Gasteiger partial charge in [0.2, 0.25) is 5.91 Å². The average Bonchev–Trinajstić information content (AvgIpc) is 2.77. The Labute approximate surface area is 176 Å². The molecule has 0 unspecified atom stereocenters. The first-order valence-electron chi connectivity index (χ1n) is 10.2. The van der Waals surface area contributed by atoms with Gasteiger partial charge in [-0.05, 0) is 61.6 Å². The quantitative estimate of drug-likeness (QED) is 0.697. The molecule has 0 radical (unpaired) electrons. The number of benzene rings is 2. The summed E-state index contributed by atoms with van der Waals surface area (Å²) in [6, 6.07) is 13.3. The molecule has 30 heavy (non-hydrogen) atoms. The van der Waals surface area contributed by atoms with Crippen LogP contribution in [0.4, 0.5) is 4.39 Å². The third-order valence-electron chi connectivity index (χ3n) is 6.19. The molecule has 1 aliphatic heterocycles. The van der Waals surface area contributed by atoms with Crippen molar-refractivity contribution in [3.05, 3.63) is 71.0 Å². The van der Waals surface area contributed by atoms with E-state index in [2.05, 4.69) is 0 Å². The van der Waals surface area contributed by atoms with E-state index in [0.717, 1.165) is 17.5 Å². The summed E-state index contributed by atoms with van der Waals surface area (Å²) >= 11 is 0. The zero-order chi connectivity index (χ0) is 21.7. The maximum atomic E-state index is 13.4. The number of likely N-dealkylation sites (tertiary alicyclic amines) is 1. The molecule has 1 aliphatic rings. The molecule has 0 bridgehead atoms. The minimum atomic E-state index is -0.392. The van der Waals surface area contributed by atoms with Gasteiger partial charge in [0.25, 0.3) is 0 Å². The van der Waals surface area contributed by atoms with Crippen LogP contribution >= 0.6 is 0 Å². The van der Waals surface area contributed by atoms with Crippen molar-refractivity contribution in [3.8, 4) is 0 Å². The van der Waals surface area contributed by atoms with Crippen molar-refractivity contribution in [2.45, 2.75) is 44.1 Å². The number of aliphatic hydroxyl groups is 1. The van der Waals surface area contributed by atoms with E-state index in [0.29, 0.717) is 31.4 Å². The van der Waals surface area contributed by atoms with Crippen LogP contribution in [-0.2, 0) is 14.9 Å². The van der Waals surface area contributed by atoms with E-state index in [9.17, 15) is 19.1 Å². The number of halogens is 1. The fourth-order valence-electron chi connectivity index (χ4n) is 4.37. The lowest BCUT2D eigenvalue weighted by atomic mass is 9.69. The van der Waals surface area contributed by atoms with Gasteiger partial charge in [-0.15, -0.1) is 0 Å². The molecule has 1 heterocycles. The largest absolute Gasteiger partial charge is 0.465 e. The van der Waals surface area contributed by atoms with Gasteiger partial charge in [-0.3, -0.25) is 4.79 Å². The number of esters is 1. The smallest absolute Gasteiger partial charge is 0.337 e. The van der Waals surface area contributed by atoms with Crippen molar-refractivity contribution in [1.29, 1.82) is 0 Å². The molecule has 0 aliphatic carbocycles. The maximum Gasteiger partial charge on any atom is 0.337 e. The van der Waals surface area contributed by atoms with Crippen LogP contribution in [0.3, 0.4) is 0 Å². The second-order valence-electron chi connectivity index (χ2n) is 7.92. The van der Waals surface area contributed by atoms with E-state index in [-0.39, 0.29) is 24.4 Å². The van der Waals surface area contributed by atoms with Crippen LogP contribution in [0, 0.1) is 5.82 Å². The first kappa shape index (κ1) is 22.0. The van der Waals surface area contributed by atoms with Gasteiger partial charge in [0, 0.05) is 25.0 Å². The number of piperidine rings is 1. The SMILES string of the molecule is COC(=O)c1ccc([C@H](C)N2CC[C@](CCCO)(c3ccc(F)cc3)CC2=O)cc1. The van der Waals surface area contributed by atoms with E-state index in [1.165, 1.54) is 19.2 Å². The lowest BCUT2D eigenvalue weighted by Crippen LogP contribution is -2.47. The zero-order valence-electron chi connectivity index (χ0n) is 17.4. The molecular formula is C24H28FNO4. The zero-order valence-corrected chi connectivity index (χ0v) is 17.4. The highest BCUT2D eigenvalue weighted by molar-refractivity contribution is 5.89. The lowest BCUT2D eigenvalue weighted by Gasteiger charge is -2.44. The van der Waals surface area contributed by atoms with Gasteiger partial charge in [-0.25, -0.2) is 9.18 Å². The number of methoxy groups -OCH3 is 1. The molecule has 1 amide bonds. The summed E-state index contributed by atoms with van der Waals surface area (Å²) < 4.78 is 18.1. The number of hydrogen-bond donors (Lipinski definition) is 1. The van der Waals surface area contributed by atoms with E-state index >= 15 is 0 Å². The van der Waals surface area contributed by atoms with Gasteiger partial charge < -0.3 is 14.7 Å². The van der Waals surface area contributed by atoms with E-state index < -0.39 is 11.4 Å². The Balaban J connectivity index is 1.78. The van der Waals surface area contributed by atoms with Crippen molar-refractivity contribution < 1.29 is 23.8 Å². The number of carbonyl (C=O) groups is 2. The summed E-state index contributed by atoms with van der Waals surface area (Å²) in [6.45, 7) is 2.61. The van der Waals surface area contributed by atoms with Gasteiger partial charge in [-0.2, -0.15) is 0 Å². The molecule has 160 valence electrons. The lowest BCUT2D eigenvalue weighted by molar-refractivity contribution is -0.138. The normalized spacial score (nSPS) is 20.1. The summed E-state index contributed by atoms with van der Waals surface area (Å²) in [6.07, 6.45) is 2.34. The number of carbonyl (C=O) groups excluding carboxylic acids is 2. The van der Waals surface area contributed by atoms with Crippen LogP contribution in [0.15, 0.2) is 48.5 Å². The van der Waals surface area contributed by atoms with Crippen molar-refractivity contribution in [2.75, 3.05) is 20.3 Å². The molecule has 0 aromatic heterocycles. The molecule has 1 saturated heterocycles. The molecule has 1 N–H and O–H groups in total. The van der Waals surface area contributed by atoms with Crippen LogP contribution in [0.5, 0.6) is 0 Å². The summed E-state index contributed by atoms with van der Waals surface area (Å²) in [5, 5.41) is 9.35. The Morgan fingerprint density at radius 3 is 2.43 bits per heavy atom. The molecule has 0 saturated carbocycles. The van der Waals surface area contributed by atoms with Crippen molar-refractivity contribution >= 4 is 11.9 Å². The molecule has 6 heteroatoms. The number of rotatable bonds is 7. The third-order valence-corrected chi connectivity index (χ3v) is 6.19. The highest BCUT2D eigenvalue weighted by Gasteiger charge is 2.41. The van der Waals surface area contributed by atoms with E-state index in [4.69, 9.17) is 4.74 Å². The fraction of sp³-hybridized carbons (Fsp3) is 0.417. The average molecular weight is 413 g/mol. The highest BCUT2D eigenvalue weighted by atomic mass is 19.1. The van der Waals surface area contributed by atoms with Gasteiger partial charge >= 0.3 is 5.97 Å². The van der Waals surface area contributed by atoms with Crippen molar-refractivity contribution in [2.24, 2.45) is 0 Å². The molecular weight excluding hydrogens is 385 g/mol. The molecule has 3 rings (SSSR count). The second-order valence-corrected chi connectivity index (χ2v) is 7.92. The van der Waals surface area contributed by atoms with Crippen LogP contribution in [-0.4, -0.2) is 42.1 Å². The summed E-state index contributed by atoms with van der Waals surface area (Å²) in [5.74, 6) is -0.659. The van der Waals surface area contributed by atoms with Gasteiger partial charge in [0.05, 0.1) is 18.7 Å². The number of aliphatic hydroxyl groups excluding tert-OH is 1.